The number of aryl methyl sites for hydroxylation is 4. The van der Waals surface area contributed by atoms with Crippen LogP contribution in [0.15, 0.2) is 6.07 Å². The van der Waals surface area contributed by atoms with Crippen LogP contribution in [0.4, 0.5) is 0 Å². The molecule has 0 fully saturated rings. The van der Waals surface area contributed by atoms with Crippen LogP contribution >= 0.6 is 0 Å². The standard InChI is InChI=1S/C16H19.W/c1-9-7-8-10(2)16-14(6)12(4)11(3)13(5)15(9)16;/h7H,1-6H3;/q-1;+2. The van der Waals surface area contributed by atoms with Gasteiger partial charge in [-0.3, -0.25) is 0 Å². The molecule has 0 atom stereocenters. The average molecular weight is 395 g/mol. The zero-order chi connectivity index (χ0) is 12.0. The molecule has 0 unspecified atom stereocenters. The summed E-state index contributed by atoms with van der Waals surface area (Å²) in [5.41, 5.74) is 8.29. The molecule has 0 heterocycles. The number of hydrogen-bond acceptors (Lipinski definition) is 0. The van der Waals surface area contributed by atoms with Gasteiger partial charge in [-0.15, -0.1) is 10.8 Å². The van der Waals surface area contributed by atoms with E-state index in [0.29, 0.717) is 0 Å². The summed E-state index contributed by atoms with van der Waals surface area (Å²) in [6.07, 6.45) is 0. The van der Waals surface area contributed by atoms with E-state index < -0.39 is 0 Å². The van der Waals surface area contributed by atoms with E-state index in [1.54, 1.807) is 0 Å². The number of fused-ring (bicyclic) bond motifs is 1. The Balaban J connectivity index is 0.00000144. The molecule has 2 aromatic carbocycles. The van der Waals surface area contributed by atoms with E-state index >= 15 is 0 Å². The smallest absolute Gasteiger partial charge is 0.180 e. The van der Waals surface area contributed by atoms with Gasteiger partial charge in [0.05, 0.1) is 0 Å². The molecule has 0 radical (unpaired) electrons. The van der Waals surface area contributed by atoms with Crippen LogP contribution in [0.3, 0.4) is 0 Å². The van der Waals surface area contributed by atoms with Crippen LogP contribution in [0, 0.1) is 47.6 Å². The second kappa shape index (κ2) is 4.94. The maximum absolute atomic E-state index is 3.36. The molecule has 88 valence electrons. The van der Waals surface area contributed by atoms with E-state index in [0.717, 1.165) is 0 Å². The summed E-state index contributed by atoms with van der Waals surface area (Å²) in [5.74, 6) is 0. The Morgan fingerprint density at radius 1 is 0.706 bits per heavy atom. The van der Waals surface area contributed by atoms with E-state index in [1.807, 2.05) is 0 Å². The van der Waals surface area contributed by atoms with Crippen molar-refractivity contribution in [1.29, 1.82) is 0 Å². The molecule has 0 aliphatic heterocycles. The first kappa shape index (κ1) is 14.4. The first-order valence-corrected chi connectivity index (χ1v) is 5.83. The largest absolute Gasteiger partial charge is 2.00 e. The van der Waals surface area contributed by atoms with E-state index in [4.69, 9.17) is 0 Å². The van der Waals surface area contributed by atoms with Crippen LogP contribution in [0.25, 0.3) is 10.8 Å². The van der Waals surface area contributed by atoms with Crippen LogP contribution in [-0.2, 0) is 21.1 Å². The summed E-state index contributed by atoms with van der Waals surface area (Å²) >= 11 is 0. The Labute approximate surface area is 119 Å². The SMILES string of the molecule is Cc1c(C)c(C)c2c(C)c[c-]c(C)c2c1C.[W+2]. The van der Waals surface area contributed by atoms with Gasteiger partial charge in [-0.1, -0.05) is 37.5 Å². The maximum Gasteiger partial charge on any atom is 2.00 e. The Bertz CT molecular complexity index is 528. The Kier molecular flexibility index (Phi) is 4.20. The Hall–Kier alpha value is -0.612. The monoisotopic (exact) mass is 395 g/mol. The van der Waals surface area contributed by atoms with Crippen molar-refractivity contribution in [3.63, 3.8) is 0 Å². The molecule has 2 aromatic rings. The van der Waals surface area contributed by atoms with Crippen LogP contribution < -0.4 is 0 Å². The summed E-state index contributed by atoms with van der Waals surface area (Å²) in [4.78, 5) is 0. The second-order valence-electron chi connectivity index (χ2n) is 4.85. The van der Waals surface area contributed by atoms with E-state index in [1.165, 1.54) is 44.2 Å². The van der Waals surface area contributed by atoms with Crippen LogP contribution in [-0.4, -0.2) is 0 Å². The number of hydrogen-bond donors (Lipinski definition) is 0. The molecule has 17 heavy (non-hydrogen) atoms. The topological polar surface area (TPSA) is 0 Å². The third-order valence-electron chi connectivity index (χ3n) is 3.96. The summed E-state index contributed by atoms with van der Waals surface area (Å²) < 4.78 is 0. The predicted octanol–water partition coefficient (Wildman–Crippen LogP) is 4.49. The fraction of sp³-hybridized carbons (Fsp3) is 0.375. The second-order valence-corrected chi connectivity index (χ2v) is 4.85. The minimum Gasteiger partial charge on any atom is -0.180 e. The molecule has 0 bridgehead atoms. The summed E-state index contributed by atoms with van der Waals surface area (Å²) in [5, 5.41) is 2.83. The molecular formula is C16H19W+. The first-order chi connectivity index (χ1) is 7.45. The zero-order valence-electron chi connectivity index (χ0n) is 11.5. The fourth-order valence-corrected chi connectivity index (χ4v) is 2.64. The maximum atomic E-state index is 3.36. The summed E-state index contributed by atoms with van der Waals surface area (Å²) in [6.45, 7) is 13.2. The molecule has 0 aliphatic rings. The van der Waals surface area contributed by atoms with Gasteiger partial charge in [0, 0.05) is 0 Å². The third-order valence-corrected chi connectivity index (χ3v) is 3.96. The average Bonchev–Trinajstić information content (AvgIpc) is 2.26. The molecule has 1 heteroatoms. The van der Waals surface area contributed by atoms with Crippen molar-refractivity contribution in [2.24, 2.45) is 0 Å². The van der Waals surface area contributed by atoms with Crippen molar-refractivity contribution in [3.8, 4) is 0 Å². The van der Waals surface area contributed by atoms with Crippen LogP contribution in [0.2, 0.25) is 0 Å². The van der Waals surface area contributed by atoms with Crippen molar-refractivity contribution < 1.29 is 21.1 Å². The van der Waals surface area contributed by atoms with Crippen LogP contribution in [0.5, 0.6) is 0 Å². The number of rotatable bonds is 0. The Morgan fingerprint density at radius 3 is 1.71 bits per heavy atom. The molecule has 0 nitrogen and oxygen atoms in total. The van der Waals surface area contributed by atoms with E-state index in [2.05, 4.69) is 53.7 Å². The molecule has 0 aliphatic carbocycles. The van der Waals surface area contributed by atoms with Gasteiger partial charge in [-0.25, -0.2) is 0 Å². The molecule has 0 amide bonds. The Morgan fingerprint density at radius 2 is 1.18 bits per heavy atom. The van der Waals surface area contributed by atoms with Crippen molar-refractivity contribution in [1.82, 2.24) is 0 Å². The van der Waals surface area contributed by atoms with Gasteiger partial charge < -0.3 is 0 Å². The minimum absolute atomic E-state index is 0. The van der Waals surface area contributed by atoms with Gasteiger partial charge in [0.1, 0.15) is 0 Å². The van der Waals surface area contributed by atoms with E-state index in [9.17, 15) is 0 Å². The van der Waals surface area contributed by atoms with Crippen molar-refractivity contribution in [3.05, 3.63) is 45.5 Å². The van der Waals surface area contributed by atoms with Crippen molar-refractivity contribution in [2.75, 3.05) is 0 Å². The quantitative estimate of drug-likeness (QED) is 0.577. The van der Waals surface area contributed by atoms with Gasteiger partial charge in [0.2, 0.25) is 0 Å². The van der Waals surface area contributed by atoms with Gasteiger partial charge in [0.15, 0.2) is 0 Å². The molecule has 0 saturated heterocycles. The van der Waals surface area contributed by atoms with Gasteiger partial charge in [-0.05, 0) is 26.3 Å². The predicted molar refractivity (Wildman–Crippen MR) is 71.2 cm³/mol. The minimum atomic E-state index is 0. The van der Waals surface area contributed by atoms with E-state index in [-0.39, 0.29) is 21.1 Å². The van der Waals surface area contributed by atoms with Gasteiger partial charge in [-0.2, -0.15) is 23.3 Å². The molecule has 0 aromatic heterocycles. The normalized spacial score (nSPS) is 10.5. The van der Waals surface area contributed by atoms with Crippen molar-refractivity contribution in [2.45, 2.75) is 41.5 Å². The molecule has 2 rings (SSSR count). The van der Waals surface area contributed by atoms with Gasteiger partial charge >= 0.3 is 21.1 Å². The van der Waals surface area contributed by atoms with Gasteiger partial charge in [0.25, 0.3) is 0 Å². The zero-order valence-corrected chi connectivity index (χ0v) is 14.4. The fourth-order valence-electron chi connectivity index (χ4n) is 2.64. The molecule has 0 spiro atoms. The molecular weight excluding hydrogens is 376 g/mol. The van der Waals surface area contributed by atoms with Crippen LogP contribution in [0.1, 0.15) is 33.4 Å². The molecule has 0 N–H and O–H groups in total. The number of benzene rings is 2. The summed E-state index contributed by atoms with van der Waals surface area (Å²) in [7, 11) is 0. The van der Waals surface area contributed by atoms with Crippen molar-refractivity contribution >= 4 is 10.8 Å². The third kappa shape index (κ3) is 2.08. The summed E-state index contributed by atoms with van der Waals surface area (Å²) in [6, 6.07) is 5.47. The molecule has 0 saturated carbocycles. The first-order valence-electron chi connectivity index (χ1n) is 5.83.